The van der Waals surface area contributed by atoms with Gasteiger partial charge in [-0.3, -0.25) is 0 Å². The summed E-state index contributed by atoms with van der Waals surface area (Å²) in [6, 6.07) is 0. The maximum absolute atomic E-state index is 10.7. The fourth-order valence-corrected chi connectivity index (χ4v) is 0.460. The molecule has 3 nitrogen and oxygen atoms in total. The molecule has 10 heavy (non-hydrogen) atoms. The van der Waals surface area contributed by atoms with E-state index >= 15 is 0 Å². The number of carbonyl (C=O) groups is 1. The van der Waals surface area contributed by atoms with Crippen LogP contribution >= 0.6 is 0 Å². The molecular weight excluding hydrogens is 132 g/mol. The van der Waals surface area contributed by atoms with Gasteiger partial charge in [-0.25, -0.2) is 4.79 Å². The van der Waals surface area contributed by atoms with Crippen molar-refractivity contribution in [3.8, 4) is 0 Å². The Hall–Kier alpha value is -0.990. The lowest BCUT2D eigenvalue weighted by Crippen LogP contribution is -2.21. The molecule has 0 aliphatic carbocycles. The molecule has 58 valence electrons. The number of hydrogen-bond donors (Lipinski definition) is 0. The van der Waals surface area contributed by atoms with E-state index < -0.39 is 6.10 Å². The number of carbonyl (C=O) groups excluding carboxylic acids is 1. The van der Waals surface area contributed by atoms with Gasteiger partial charge < -0.3 is 9.47 Å². The SMILES string of the molecule is C=COC(C)C(=O)OCC. The van der Waals surface area contributed by atoms with E-state index in [1.807, 2.05) is 0 Å². The van der Waals surface area contributed by atoms with E-state index in [2.05, 4.69) is 11.3 Å². The Balaban J connectivity index is 3.58. The first-order valence-corrected chi connectivity index (χ1v) is 3.15. The second-order valence-corrected chi connectivity index (χ2v) is 1.70. The average Bonchev–Trinajstić information content (AvgIpc) is 1.89. The van der Waals surface area contributed by atoms with Crippen molar-refractivity contribution in [3.63, 3.8) is 0 Å². The second kappa shape index (κ2) is 4.85. The summed E-state index contributed by atoms with van der Waals surface area (Å²) < 4.78 is 9.39. The Morgan fingerprint density at radius 1 is 1.80 bits per heavy atom. The van der Waals surface area contributed by atoms with Gasteiger partial charge in [-0.15, -0.1) is 0 Å². The summed E-state index contributed by atoms with van der Waals surface area (Å²) >= 11 is 0. The van der Waals surface area contributed by atoms with Crippen LogP contribution in [0.4, 0.5) is 0 Å². The Morgan fingerprint density at radius 2 is 2.40 bits per heavy atom. The molecule has 0 aromatic carbocycles. The lowest BCUT2D eigenvalue weighted by Gasteiger charge is -2.08. The third-order valence-corrected chi connectivity index (χ3v) is 0.919. The molecule has 0 bridgehead atoms. The molecule has 0 aliphatic rings. The highest BCUT2D eigenvalue weighted by Gasteiger charge is 2.12. The van der Waals surface area contributed by atoms with Gasteiger partial charge in [0.1, 0.15) is 0 Å². The minimum Gasteiger partial charge on any atom is -0.487 e. The number of ether oxygens (including phenoxy) is 2. The lowest BCUT2D eigenvalue weighted by atomic mass is 10.4. The van der Waals surface area contributed by atoms with E-state index in [9.17, 15) is 4.79 Å². The van der Waals surface area contributed by atoms with Crippen molar-refractivity contribution in [3.05, 3.63) is 12.8 Å². The first-order valence-electron chi connectivity index (χ1n) is 3.15. The monoisotopic (exact) mass is 144 g/mol. The Kier molecular flexibility index (Phi) is 4.37. The van der Waals surface area contributed by atoms with E-state index in [-0.39, 0.29) is 5.97 Å². The molecular formula is C7H12O3. The molecule has 3 heteroatoms. The quantitative estimate of drug-likeness (QED) is 0.437. The summed E-state index contributed by atoms with van der Waals surface area (Å²) in [5.41, 5.74) is 0. The number of esters is 1. The van der Waals surface area contributed by atoms with E-state index in [0.717, 1.165) is 0 Å². The van der Waals surface area contributed by atoms with Crippen LogP contribution in [-0.4, -0.2) is 18.7 Å². The van der Waals surface area contributed by atoms with E-state index in [1.54, 1.807) is 13.8 Å². The van der Waals surface area contributed by atoms with Crippen LogP contribution in [0.25, 0.3) is 0 Å². The van der Waals surface area contributed by atoms with Gasteiger partial charge in [0.2, 0.25) is 0 Å². The zero-order valence-electron chi connectivity index (χ0n) is 6.29. The van der Waals surface area contributed by atoms with Gasteiger partial charge in [-0.05, 0) is 13.8 Å². The summed E-state index contributed by atoms with van der Waals surface area (Å²) in [5, 5.41) is 0. The third kappa shape index (κ3) is 3.12. The molecule has 0 radical (unpaired) electrons. The topological polar surface area (TPSA) is 35.5 Å². The van der Waals surface area contributed by atoms with Crippen LogP contribution in [0.3, 0.4) is 0 Å². The highest BCUT2D eigenvalue weighted by Crippen LogP contribution is 1.93. The third-order valence-electron chi connectivity index (χ3n) is 0.919. The van der Waals surface area contributed by atoms with Crippen LogP contribution in [0.5, 0.6) is 0 Å². The Labute approximate surface area is 60.6 Å². The zero-order valence-corrected chi connectivity index (χ0v) is 6.29. The largest absolute Gasteiger partial charge is 0.487 e. The first kappa shape index (κ1) is 9.01. The van der Waals surface area contributed by atoms with Crippen molar-refractivity contribution < 1.29 is 14.3 Å². The molecule has 0 saturated heterocycles. The van der Waals surface area contributed by atoms with Crippen molar-refractivity contribution in [2.75, 3.05) is 6.61 Å². The van der Waals surface area contributed by atoms with Crippen molar-refractivity contribution in [2.24, 2.45) is 0 Å². The minimum absolute atomic E-state index is 0.359. The lowest BCUT2D eigenvalue weighted by molar-refractivity contribution is -0.152. The summed E-state index contributed by atoms with van der Waals surface area (Å²) in [5.74, 6) is -0.359. The van der Waals surface area contributed by atoms with E-state index in [4.69, 9.17) is 4.74 Å². The van der Waals surface area contributed by atoms with Crippen LogP contribution in [-0.2, 0) is 14.3 Å². The second-order valence-electron chi connectivity index (χ2n) is 1.70. The van der Waals surface area contributed by atoms with Gasteiger partial charge >= 0.3 is 5.97 Å². The van der Waals surface area contributed by atoms with Gasteiger partial charge in [0.15, 0.2) is 6.10 Å². The molecule has 0 heterocycles. The van der Waals surface area contributed by atoms with Crippen molar-refractivity contribution in [1.82, 2.24) is 0 Å². The normalized spacial score (nSPS) is 11.8. The molecule has 1 atom stereocenters. The van der Waals surface area contributed by atoms with Crippen molar-refractivity contribution in [1.29, 1.82) is 0 Å². The van der Waals surface area contributed by atoms with Gasteiger partial charge in [-0.1, -0.05) is 6.58 Å². The molecule has 0 aromatic heterocycles. The molecule has 0 aromatic rings. The summed E-state index contributed by atoms with van der Waals surface area (Å²) in [6.07, 6.45) is 0.680. The Morgan fingerprint density at radius 3 is 2.80 bits per heavy atom. The highest BCUT2D eigenvalue weighted by molar-refractivity contribution is 5.74. The van der Waals surface area contributed by atoms with E-state index in [1.165, 1.54) is 6.26 Å². The van der Waals surface area contributed by atoms with Crippen LogP contribution in [0.15, 0.2) is 12.8 Å². The Bertz CT molecular complexity index is 120. The van der Waals surface area contributed by atoms with Crippen LogP contribution in [0.2, 0.25) is 0 Å². The molecule has 1 unspecified atom stereocenters. The van der Waals surface area contributed by atoms with Crippen LogP contribution in [0.1, 0.15) is 13.8 Å². The molecule has 0 amide bonds. The summed E-state index contributed by atoms with van der Waals surface area (Å²) in [4.78, 5) is 10.7. The van der Waals surface area contributed by atoms with Gasteiger partial charge in [0.05, 0.1) is 12.9 Å². The minimum atomic E-state index is -0.544. The average molecular weight is 144 g/mol. The number of rotatable bonds is 4. The van der Waals surface area contributed by atoms with Gasteiger partial charge in [0, 0.05) is 0 Å². The molecule has 0 fully saturated rings. The molecule has 0 rings (SSSR count). The summed E-state index contributed by atoms with van der Waals surface area (Å²) in [6.45, 7) is 7.05. The smallest absolute Gasteiger partial charge is 0.346 e. The molecule has 0 saturated carbocycles. The maximum Gasteiger partial charge on any atom is 0.346 e. The van der Waals surface area contributed by atoms with Crippen molar-refractivity contribution >= 4 is 5.97 Å². The standard InChI is InChI=1S/C7H12O3/c1-4-9-6(3)7(8)10-5-2/h4,6H,1,5H2,2-3H3. The first-order chi connectivity index (χ1) is 4.72. The van der Waals surface area contributed by atoms with E-state index in [0.29, 0.717) is 6.61 Å². The van der Waals surface area contributed by atoms with Crippen LogP contribution < -0.4 is 0 Å². The predicted molar refractivity (Wildman–Crippen MR) is 37.4 cm³/mol. The zero-order chi connectivity index (χ0) is 7.98. The predicted octanol–water partition coefficient (Wildman–Crippen LogP) is 1.10. The van der Waals surface area contributed by atoms with Gasteiger partial charge in [0.25, 0.3) is 0 Å². The molecule has 0 aliphatic heterocycles. The van der Waals surface area contributed by atoms with Crippen LogP contribution in [0, 0.1) is 0 Å². The maximum atomic E-state index is 10.7. The molecule has 0 spiro atoms. The summed E-state index contributed by atoms with van der Waals surface area (Å²) in [7, 11) is 0. The van der Waals surface area contributed by atoms with Gasteiger partial charge in [-0.2, -0.15) is 0 Å². The number of hydrogen-bond acceptors (Lipinski definition) is 3. The fraction of sp³-hybridized carbons (Fsp3) is 0.571. The highest BCUT2D eigenvalue weighted by atomic mass is 16.6. The van der Waals surface area contributed by atoms with Crippen molar-refractivity contribution in [2.45, 2.75) is 20.0 Å². The fourth-order valence-electron chi connectivity index (χ4n) is 0.460. The molecule has 0 N–H and O–H groups in total.